The SMILES string of the molecule is ClOCl.OC1CCCCC1. The summed E-state index contributed by atoms with van der Waals surface area (Å²) in [5.74, 6) is 0. The first-order chi connectivity index (χ1) is 4.81. The lowest BCUT2D eigenvalue weighted by Crippen LogP contribution is -2.09. The minimum Gasteiger partial charge on any atom is -0.393 e. The van der Waals surface area contributed by atoms with Gasteiger partial charge >= 0.3 is 0 Å². The first-order valence-electron chi connectivity index (χ1n) is 3.38. The molecule has 1 rings (SSSR count). The van der Waals surface area contributed by atoms with Crippen LogP contribution in [0.2, 0.25) is 0 Å². The summed E-state index contributed by atoms with van der Waals surface area (Å²) >= 11 is 8.53. The van der Waals surface area contributed by atoms with E-state index in [9.17, 15) is 0 Å². The molecule has 0 spiro atoms. The van der Waals surface area contributed by atoms with Crippen molar-refractivity contribution in [2.75, 3.05) is 0 Å². The van der Waals surface area contributed by atoms with E-state index in [-0.39, 0.29) is 6.10 Å². The van der Waals surface area contributed by atoms with Crippen LogP contribution in [0, 0.1) is 0 Å². The predicted octanol–water partition coefficient (Wildman–Crippen LogP) is 2.62. The van der Waals surface area contributed by atoms with Crippen molar-refractivity contribution in [1.29, 1.82) is 0 Å². The highest BCUT2D eigenvalue weighted by molar-refractivity contribution is 6.24. The summed E-state index contributed by atoms with van der Waals surface area (Å²) in [6, 6.07) is 0. The van der Waals surface area contributed by atoms with Gasteiger partial charge < -0.3 is 5.11 Å². The number of aliphatic hydroxyl groups is 1. The second-order valence-electron chi connectivity index (χ2n) is 2.35. The zero-order valence-corrected chi connectivity index (χ0v) is 7.24. The van der Waals surface area contributed by atoms with Gasteiger partial charge in [-0.25, -0.2) is 0 Å². The van der Waals surface area contributed by atoms with Gasteiger partial charge in [0, 0.05) is 0 Å². The highest BCUT2D eigenvalue weighted by atomic mass is 35.6. The van der Waals surface area contributed by atoms with Crippen LogP contribution in [-0.4, -0.2) is 11.2 Å². The quantitative estimate of drug-likeness (QED) is 0.631. The van der Waals surface area contributed by atoms with Crippen LogP contribution in [0.5, 0.6) is 0 Å². The van der Waals surface area contributed by atoms with Crippen LogP contribution >= 0.6 is 23.7 Å². The van der Waals surface area contributed by atoms with Crippen molar-refractivity contribution >= 4 is 23.7 Å². The summed E-state index contributed by atoms with van der Waals surface area (Å²) in [5.41, 5.74) is 0. The van der Waals surface area contributed by atoms with Gasteiger partial charge in [0.05, 0.1) is 29.8 Å². The van der Waals surface area contributed by atoms with Crippen molar-refractivity contribution in [3.05, 3.63) is 0 Å². The molecule has 0 unspecified atom stereocenters. The second kappa shape index (κ2) is 7.61. The molecule has 1 fully saturated rings. The molecule has 1 aliphatic carbocycles. The molecule has 0 bridgehead atoms. The van der Waals surface area contributed by atoms with Gasteiger partial charge in [-0.3, -0.25) is 0 Å². The van der Waals surface area contributed by atoms with Gasteiger partial charge in [0.2, 0.25) is 0 Å². The van der Waals surface area contributed by atoms with Gasteiger partial charge in [-0.2, -0.15) is 3.84 Å². The van der Waals surface area contributed by atoms with Gasteiger partial charge in [-0.05, 0) is 12.8 Å². The van der Waals surface area contributed by atoms with E-state index in [2.05, 4.69) is 27.6 Å². The van der Waals surface area contributed by atoms with E-state index in [0.717, 1.165) is 12.8 Å². The van der Waals surface area contributed by atoms with Crippen molar-refractivity contribution in [3.8, 4) is 0 Å². The Labute approximate surface area is 71.4 Å². The maximum atomic E-state index is 8.91. The Morgan fingerprint density at radius 1 is 1.10 bits per heavy atom. The minimum absolute atomic E-state index is 0.0359. The van der Waals surface area contributed by atoms with Crippen LogP contribution in [-0.2, 0) is 3.84 Å². The van der Waals surface area contributed by atoms with Crippen LogP contribution in [0.3, 0.4) is 0 Å². The van der Waals surface area contributed by atoms with E-state index in [0.29, 0.717) is 0 Å². The van der Waals surface area contributed by atoms with E-state index in [1.165, 1.54) is 19.3 Å². The predicted molar refractivity (Wildman–Crippen MR) is 41.9 cm³/mol. The molecular formula is C6H12Cl2O2. The zero-order chi connectivity index (χ0) is 7.82. The normalized spacial score (nSPS) is 19.5. The number of rotatable bonds is 0. The minimum atomic E-state index is 0.0359. The highest BCUT2D eigenvalue weighted by Crippen LogP contribution is 2.16. The Morgan fingerprint density at radius 2 is 1.50 bits per heavy atom. The van der Waals surface area contributed by atoms with E-state index in [1.807, 2.05) is 0 Å². The number of halogens is 2. The Hall–Kier alpha value is 0.500. The van der Waals surface area contributed by atoms with Crippen molar-refractivity contribution in [2.24, 2.45) is 0 Å². The lowest BCUT2D eigenvalue weighted by molar-refractivity contribution is 0.130. The summed E-state index contributed by atoms with van der Waals surface area (Å²) in [7, 11) is 0. The Bertz CT molecular complexity index is 64.8. The van der Waals surface area contributed by atoms with E-state index < -0.39 is 0 Å². The molecule has 1 aliphatic rings. The van der Waals surface area contributed by atoms with E-state index >= 15 is 0 Å². The number of hydrogen-bond acceptors (Lipinski definition) is 2. The van der Waals surface area contributed by atoms with Crippen molar-refractivity contribution in [3.63, 3.8) is 0 Å². The summed E-state index contributed by atoms with van der Waals surface area (Å²) in [6.07, 6.45) is 5.92. The average molecular weight is 187 g/mol. The lowest BCUT2D eigenvalue weighted by atomic mass is 9.98. The monoisotopic (exact) mass is 186 g/mol. The van der Waals surface area contributed by atoms with Crippen molar-refractivity contribution in [2.45, 2.75) is 38.2 Å². The highest BCUT2D eigenvalue weighted by Gasteiger charge is 2.07. The molecule has 0 atom stereocenters. The standard InChI is InChI=1S/C6H12O.Cl2O/c7-6-4-2-1-3-5-6;1-3-2/h6-7H,1-5H2;. The van der Waals surface area contributed by atoms with Crippen molar-refractivity contribution in [1.82, 2.24) is 0 Å². The third-order valence-corrected chi connectivity index (χ3v) is 1.57. The van der Waals surface area contributed by atoms with Gasteiger partial charge in [0.1, 0.15) is 0 Å². The van der Waals surface area contributed by atoms with Crippen LogP contribution in [0.15, 0.2) is 0 Å². The molecule has 0 aromatic rings. The van der Waals surface area contributed by atoms with Gasteiger partial charge in [-0.15, -0.1) is 0 Å². The summed E-state index contributed by atoms with van der Waals surface area (Å²) in [4.78, 5) is 0. The molecule has 0 amide bonds. The maximum Gasteiger partial charge on any atom is 0.0832 e. The summed E-state index contributed by atoms with van der Waals surface area (Å²) in [6.45, 7) is 0. The topological polar surface area (TPSA) is 29.5 Å². The zero-order valence-electron chi connectivity index (χ0n) is 5.72. The van der Waals surface area contributed by atoms with Crippen molar-refractivity contribution < 1.29 is 8.95 Å². The molecule has 0 heterocycles. The second-order valence-corrected chi connectivity index (χ2v) is 2.82. The van der Waals surface area contributed by atoms with Gasteiger partial charge in [0.15, 0.2) is 0 Å². The molecule has 0 aliphatic heterocycles. The fourth-order valence-electron chi connectivity index (χ4n) is 1.08. The summed E-state index contributed by atoms with van der Waals surface area (Å²) in [5, 5.41) is 8.91. The molecule has 1 saturated carbocycles. The van der Waals surface area contributed by atoms with E-state index in [4.69, 9.17) is 5.11 Å². The maximum absolute atomic E-state index is 8.91. The molecule has 0 saturated heterocycles. The van der Waals surface area contributed by atoms with Crippen LogP contribution in [0.25, 0.3) is 0 Å². The molecule has 2 nitrogen and oxygen atoms in total. The molecular weight excluding hydrogens is 175 g/mol. The Kier molecular flexibility index (Phi) is 7.99. The lowest BCUT2D eigenvalue weighted by Gasteiger charge is -2.14. The molecule has 0 aromatic carbocycles. The molecule has 62 valence electrons. The average Bonchev–Trinajstić information content (AvgIpc) is 1.91. The van der Waals surface area contributed by atoms with Crippen LogP contribution < -0.4 is 0 Å². The van der Waals surface area contributed by atoms with Gasteiger partial charge in [-0.1, -0.05) is 19.3 Å². The molecule has 1 N–H and O–H groups in total. The molecule has 0 radical (unpaired) electrons. The Morgan fingerprint density at radius 3 is 1.70 bits per heavy atom. The summed E-state index contributed by atoms with van der Waals surface area (Å²) < 4.78 is 3.19. The third-order valence-electron chi connectivity index (χ3n) is 1.57. The number of aliphatic hydroxyl groups excluding tert-OH is 1. The fourth-order valence-corrected chi connectivity index (χ4v) is 1.08. The van der Waals surface area contributed by atoms with Gasteiger partial charge in [0.25, 0.3) is 0 Å². The van der Waals surface area contributed by atoms with E-state index in [1.54, 1.807) is 0 Å². The Balaban J connectivity index is 0.000000236. The number of hydrogen-bond donors (Lipinski definition) is 1. The van der Waals surface area contributed by atoms with Crippen LogP contribution in [0.1, 0.15) is 32.1 Å². The third kappa shape index (κ3) is 6.62. The first kappa shape index (κ1) is 10.5. The smallest absolute Gasteiger partial charge is 0.0832 e. The molecule has 0 aromatic heterocycles. The van der Waals surface area contributed by atoms with Crippen LogP contribution in [0.4, 0.5) is 0 Å². The molecule has 10 heavy (non-hydrogen) atoms. The fraction of sp³-hybridized carbons (Fsp3) is 1.00. The molecule has 4 heteroatoms. The largest absolute Gasteiger partial charge is 0.393 e. The first-order valence-corrected chi connectivity index (χ1v) is 4.00.